The molecule has 36 heavy (non-hydrogen) atoms. The van der Waals surface area contributed by atoms with Gasteiger partial charge in [-0.15, -0.1) is 5.10 Å². The fourth-order valence-electron chi connectivity index (χ4n) is 5.28. The number of piperidine rings is 1. The number of carbonyl (C=O) groups excluding carboxylic acids is 4. The number of hydrogen-bond donors (Lipinski definition) is 2. The summed E-state index contributed by atoms with van der Waals surface area (Å²) < 4.78 is 1.49. The van der Waals surface area contributed by atoms with Crippen molar-refractivity contribution in [1.82, 2.24) is 25.2 Å². The van der Waals surface area contributed by atoms with Crippen molar-refractivity contribution in [1.29, 1.82) is 0 Å². The van der Waals surface area contributed by atoms with E-state index >= 15 is 0 Å². The minimum atomic E-state index is -0.709. The van der Waals surface area contributed by atoms with Crippen molar-refractivity contribution in [3.63, 3.8) is 0 Å². The molecule has 1 fully saturated rings. The molecular weight excluding hydrogens is 460 g/mol. The lowest BCUT2D eigenvalue weighted by Gasteiger charge is -2.29. The van der Waals surface area contributed by atoms with Crippen molar-refractivity contribution in [3.05, 3.63) is 64.8 Å². The van der Waals surface area contributed by atoms with E-state index in [-0.39, 0.29) is 43.7 Å². The Balaban J connectivity index is 1.15. The minimum Gasteiger partial charge on any atom is -0.324 e. The molecule has 1 aromatic heterocycles. The standard InChI is InChI=1S/C26H24N6O4/c33-23-10-9-22(25(35)28-23)32-12-19-18(26(32)36)5-2-6-20(19)27-24(34)14-31-13-21(29-30-31)17-8-7-15-3-1-4-16(15)11-17/h2,5-8,11,13,22H,1,3-4,9-10,12,14H2,(H,27,34)(H,28,33,35). The third-order valence-electron chi connectivity index (χ3n) is 7.09. The second-order valence-corrected chi connectivity index (χ2v) is 9.42. The average molecular weight is 485 g/mol. The van der Waals surface area contributed by atoms with Gasteiger partial charge >= 0.3 is 0 Å². The third kappa shape index (κ3) is 3.94. The summed E-state index contributed by atoms with van der Waals surface area (Å²) in [6.45, 7) is 0.148. The van der Waals surface area contributed by atoms with E-state index in [1.165, 1.54) is 27.1 Å². The number of aryl methyl sites for hydroxylation is 2. The number of nitrogens with zero attached hydrogens (tertiary/aromatic N) is 4. The van der Waals surface area contributed by atoms with E-state index in [0.29, 0.717) is 22.5 Å². The van der Waals surface area contributed by atoms with Crippen molar-refractivity contribution in [2.75, 3.05) is 5.32 Å². The van der Waals surface area contributed by atoms with Crippen LogP contribution >= 0.6 is 0 Å². The number of amides is 4. The van der Waals surface area contributed by atoms with Gasteiger partial charge in [-0.2, -0.15) is 0 Å². The molecule has 10 nitrogen and oxygen atoms in total. The average Bonchev–Trinajstić information content (AvgIpc) is 3.59. The fourth-order valence-corrected chi connectivity index (χ4v) is 5.28. The van der Waals surface area contributed by atoms with Gasteiger partial charge in [-0.3, -0.25) is 24.5 Å². The molecule has 2 aromatic carbocycles. The largest absolute Gasteiger partial charge is 0.324 e. The molecule has 4 amide bonds. The third-order valence-corrected chi connectivity index (χ3v) is 7.09. The van der Waals surface area contributed by atoms with Crippen molar-refractivity contribution >= 4 is 29.3 Å². The molecule has 0 saturated carbocycles. The van der Waals surface area contributed by atoms with Crippen molar-refractivity contribution in [3.8, 4) is 11.3 Å². The van der Waals surface area contributed by atoms with Gasteiger partial charge in [0.25, 0.3) is 5.91 Å². The topological polar surface area (TPSA) is 126 Å². The molecule has 1 atom stereocenters. The van der Waals surface area contributed by atoms with Gasteiger partial charge in [0.1, 0.15) is 18.3 Å². The molecule has 0 spiro atoms. The van der Waals surface area contributed by atoms with Crippen LogP contribution in [-0.4, -0.2) is 49.6 Å². The summed E-state index contributed by atoms with van der Waals surface area (Å²) in [7, 11) is 0. The molecule has 3 aliphatic rings. The Morgan fingerprint density at radius 1 is 1.08 bits per heavy atom. The summed E-state index contributed by atoms with van der Waals surface area (Å²) in [6.07, 6.45) is 5.58. The first-order chi connectivity index (χ1) is 17.5. The van der Waals surface area contributed by atoms with Gasteiger partial charge in [0.05, 0.1) is 6.20 Å². The van der Waals surface area contributed by atoms with Gasteiger partial charge in [0.2, 0.25) is 17.7 Å². The molecular formula is C26H24N6O4. The van der Waals surface area contributed by atoms with E-state index in [0.717, 1.165) is 18.4 Å². The Hall–Kier alpha value is -4.34. The number of benzene rings is 2. The van der Waals surface area contributed by atoms with E-state index in [1.807, 2.05) is 6.07 Å². The van der Waals surface area contributed by atoms with Gasteiger partial charge < -0.3 is 10.2 Å². The van der Waals surface area contributed by atoms with E-state index < -0.39 is 11.9 Å². The lowest BCUT2D eigenvalue weighted by Crippen LogP contribution is -2.52. The van der Waals surface area contributed by atoms with Crippen LogP contribution in [-0.2, 0) is 40.3 Å². The van der Waals surface area contributed by atoms with Gasteiger partial charge in [0.15, 0.2) is 0 Å². The second-order valence-electron chi connectivity index (χ2n) is 9.42. The Labute approximate surface area is 206 Å². The zero-order chi connectivity index (χ0) is 24.8. The summed E-state index contributed by atoms with van der Waals surface area (Å²) in [5.41, 5.74) is 6.03. The highest BCUT2D eigenvalue weighted by Gasteiger charge is 2.40. The molecule has 6 rings (SSSR count). The van der Waals surface area contributed by atoms with Crippen LogP contribution in [0, 0.1) is 0 Å². The van der Waals surface area contributed by atoms with Crippen LogP contribution in [0.2, 0.25) is 0 Å². The molecule has 2 aliphatic heterocycles. The zero-order valence-corrected chi connectivity index (χ0v) is 19.5. The second kappa shape index (κ2) is 8.71. The first-order valence-electron chi connectivity index (χ1n) is 12.0. The Morgan fingerprint density at radius 3 is 2.81 bits per heavy atom. The summed E-state index contributed by atoms with van der Waals surface area (Å²) in [5, 5.41) is 13.5. The maximum Gasteiger partial charge on any atom is 0.255 e. The SMILES string of the molecule is O=C1CCC(N2Cc3c(NC(=O)Cn4cc(-c5ccc6c(c5)CCC6)nn4)cccc3C2=O)C(=O)N1. The molecule has 10 heteroatoms. The number of nitrogens with one attached hydrogen (secondary N) is 2. The molecule has 3 aromatic rings. The highest BCUT2D eigenvalue weighted by atomic mass is 16.2. The molecule has 0 radical (unpaired) electrons. The van der Waals surface area contributed by atoms with Crippen molar-refractivity contribution < 1.29 is 19.2 Å². The lowest BCUT2D eigenvalue weighted by molar-refractivity contribution is -0.137. The van der Waals surface area contributed by atoms with E-state index in [4.69, 9.17) is 0 Å². The van der Waals surface area contributed by atoms with Gasteiger partial charge in [-0.05, 0) is 55.0 Å². The maximum atomic E-state index is 13.0. The number of imide groups is 1. The predicted octanol–water partition coefficient (Wildman–Crippen LogP) is 1.83. The Kier molecular flexibility index (Phi) is 5.36. The molecule has 1 saturated heterocycles. The van der Waals surface area contributed by atoms with Crippen LogP contribution in [0.5, 0.6) is 0 Å². The number of rotatable bonds is 5. The number of aromatic nitrogens is 3. The quantitative estimate of drug-likeness (QED) is 0.532. The van der Waals surface area contributed by atoms with Crippen LogP contribution in [0.3, 0.4) is 0 Å². The molecule has 182 valence electrons. The predicted molar refractivity (Wildman–Crippen MR) is 129 cm³/mol. The molecule has 0 bridgehead atoms. The maximum absolute atomic E-state index is 13.0. The normalized spacial score (nSPS) is 18.7. The Morgan fingerprint density at radius 2 is 1.94 bits per heavy atom. The number of anilines is 1. The van der Waals surface area contributed by atoms with Crippen LogP contribution in [0.15, 0.2) is 42.6 Å². The highest BCUT2D eigenvalue weighted by Crippen LogP contribution is 2.32. The van der Waals surface area contributed by atoms with Gasteiger partial charge in [-0.1, -0.05) is 23.4 Å². The first kappa shape index (κ1) is 22.1. The van der Waals surface area contributed by atoms with E-state index in [1.54, 1.807) is 24.4 Å². The van der Waals surface area contributed by atoms with Gasteiger partial charge in [-0.25, -0.2) is 4.68 Å². The monoisotopic (exact) mass is 484 g/mol. The summed E-state index contributed by atoms with van der Waals surface area (Å²) in [4.78, 5) is 51.1. The lowest BCUT2D eigenvalue weighted by atomic mass is 10.0. The van der Waals surface area contributed by atoms with Crippen LogP contribution < -0.4 is 10.6 Å². The fraction of sp³-hybridized carbons (Fsp3) is 0.308. The zero-order valence-electron chi connectivity index (χ0n) is 19.5. The molecule has 3 heterocycles. The summed E-state index contributed by atoms with van der Waals surface area (Å²) >= 11 is 0. The first-order valence-corrected chi connectivity index (χ1v) is 12.0. The highest BCUT2D eigenvalue weighted by molar-refractivity contribution is 6.06. The molecule has 2 N–H and O–H groups in total. The number of hydrogen-bond acceptors (Lipinski definition) is 6. The van der Waals surface area contributed by atoms with Gasteiger partial charge in [0, 0.05) is 35.3 Å². The van der Waals surface area contributed by atoms with E-state index in [9.17, 15) is 19.2 Å². The summed E-state index contributed by atoms with van der Waals surface area (Å²) in [5.74, 6) is -1.39. The number of fused-ring (bicyclic) bond motifs is 2. The van der Waals surface area contributed by atoms with Crippen LogP contribution in [0.1, 0.15) is 46.3 Å². The van der Waals surface area contributed by atoms with Crippen molar-refractivity contribution in [2.24, 2.45) is 0 Å². The summed E-state index contributed by atoms with van der Waals surface area (Å²) in [6, 6.07) is 10.7. The Bertz CT molecular complexity index is 1430. The van der Waals surface area contributed by atoms with Crippen LogP contribution in [0.25, 0.3) is 11.3 Å². The smallest absolute Gasteiger partial charge is 0.255 e. The van der Waals surface area contributed by atoms with Crippen molar-refractivity contribution in [2.45, 2.75) is 51.2 Å². The van der Waals surface area contributed by atoms with E-state index in [2.05, 4.69) is 33.1 Å². The number of carbonyl (C=O) groups is 4. The molecule has 1 unspecified atom stereocenters. The molecule has 1 aliphatic carbocycles. The van der Waals surface area contributed by atoms with Crippen LogP contribution in [0.4, 0.5) is 5.69 Å². The minimum absolute atomic E-state index is 0.0353.